The van der Waals surface area contributed by atoms with E-state index in [1.807, 2.05) is 0 Å². The van der Waals surface area contributed by atoms with E-state index >= 15 is 0 Å². The second-order valence-corrected chi connectivity index (χ2v) is 2.63. The van der Waals surface area contributed by atoms with Crippen molar-refractivity contribution in [3.8, 4) is 6.07 Å². The molecule has 0 spiro atoms. The summed E-state index contributed by atoms with van der Waals surface area (Å²) < 4.78 is 24.4. The fraction of sp³-hybridized carbons (Fsp3) is 0.250. The largest absolute Gasteiger partial charge is 0.280 e. The molecule has 0 atom stereocenters. The number of rotatable bonds is 3. The maximum Gasteiger partial charge on any atom is 0.280 e. The summed E-state index contributed by atoms with van der Waals surface area (Å²) in [4.78, 5) is 13.0. The molecule has 0 saturated carbocycles. The molecule has 7 heteroatoms. The molecule has 0 aliphatic rings. The van der Waals surface area contributed by atoms with Crippen molar-refractivity contribution >= 4 is 5.69 Å². The van der Waals surface area contributed by atoms with E-state index in [0.717, 1.165) is 6.20 Å². The van der Waals surface area contributed by atoms with Crippen LogP contribution in [0.2, 0.25) is 0 Å². The molecule has 5 nitrogen and oxygen atoms in total. The van der Waals surface area contributed by atoms with E-state index in [2.05, 4.69) is 4.98 Å². The molecule has 0 radical (unpaired) electrons. The topological polar surface area (TPSA) is 79.8 Å². The van der Waals surface area contributed by atoms with Gasteiger partial charge in [0.2, 0.25) is 0 Å². The normalized spacial score (nSPS) is 10.0. The van der Waals surface area contributed by atoms with Crippen LogP contribution in [-0.2, 0) is 6.42 Å². The first-order valence-corrected chi connectivity index (χ1v) is 3.84. The van der Waals surface area contributed by atoms with Crippen LogP contribution in [0.15, 0.2) is 12.3 Å². The summed E-state index contributed by atoms with van der Waals surface area (Å²) >= 11 is 0. The van der Waals surface area contributed by atoms with Crippen molar-refractivity contribution < 1.29 is 13.7 Å². The van der Waals surface area contributed by atoms with Gasteiger partial charge >= 0.3 is 0 Å². The number of pyridine rings is 1. The summed E-state index contributed by atoms with van der Waals surface area (Å²) in [7, 11) is 0. The molecule has 0 bridgehead atoms. The van der Waals surface area contributed by atoms with Gasteiger partial charge in [0.1, 0.15) is 5.69 Å². The molecule has 1 aromatic rings. The Kier molecular flexibility index (Phi) is 3.23. The zero-order valence-corrected chi connectivity index (χ0v) is 7.35. The summed E-state index contributed by atoms with van der Waals surface area (Å²) in [5.74, 6) is 0. The van der Waals surface area contributed by atoms with Crippen LogP contribution in [0.3, 0.4) is 0 Å². The number of halogens is 2. The SMILES string of the molecule is N#CCc1cnc(C(F)F)cc1[N+](=O)[O-]. The van der Waals surface area contributed by atoms with Crippen LogP contribution in [-0.4, -0.2) is 9.91 Å². The van der Waals surface area contributed by atoms with Crippen LogP contribution in [0.5, 0.6) is 0 Å². The molecule has 0 saturated heterocycles. The Bertz CT molecular complexity index is 428. The Morgan fingerprint density at radius 3 is 2.80 bits per heavy atom. The molecule has 0 aliphatic carbocycles. The first-order valence-electron chi connectivity index (χ1n) is 3.84. The van der Waals surface area contributed by atoms with E-state index in [0.29, 0.717) is 6.07 Å². The molecule has 78 valence electrons. The number of nitriles is 1. The molecule has 0 fully saturated rings. The lowest BCUT2D eigenvalue weighted by atomic mass is 10.1. The number of aromatic nitrogens is 1. The highest BCUT2D eigenvalue weighted by atomic mass is 19.3. The molecule has 1 aromatic heterocycles. The molecule has 1 heterocycles. The molecule has 0 aromatic carbocycles. The van der Waals surface area contributed by atoms with Gasteiger partial charge in [0, 0.05) is 12.3 Å². The van der Waals surface area contributed by atoms with Gasteiger partial charge in [0.05, 0.1) is 23.0 Å². The van der Waals surface area contributed by atoms with Gasteiger partial charge in [-0.3, -0.25) is 15.1 Å². The van der Waals surface area contributed by atoms with E-state index in [-0.39, 0.29) is 12.0 Å². The van der Waals surface area contributed by atoms with Crippen LogP contribution >= 0.6 is 0 Å². The average Bonchev–Trinajstić information content (AvgIpc) is 2.18. The summed E-state index contributed by atoms with van der Waals surface area (Å²) in [6.45, 7) is 0. The van der Waals surface area contributed by atoms with Gasteiger partial charge < -0.3 is 0 Å². The molecule has 0 aliphatic heterocycles. The average molecular weight is 213 g/mol. The minimum atomic E-state index is -2.86. The van der Waals surface area contributed by atoms with Crippen LogP contribution in [0.25, 0.3) is 0 Å². The van der Waals surface area contributed by atoms with Crippen LogP contribution in [0.4, 0.5) is 14.5 Å². The molecular formula is C8H5F2N3O2. The Labute approximate surface area is 83.1 Å². The minimum absolute atomic E-state index is 0.0342. The molecule has 15 heavy (non-hydrogen) atoms. The van der Waals surface area contributed by atoms with Gasteiger partial charge in [0.15, 0.2) is 0 Å². The lowest BCUT2D eigenvalue weighted by Crippen LogP contribution is -1.99. The Morgan fingerprint density at radius 1 is 1.67 bits per heavy atom. The van der Waals surface area contributed by atoms with Gasteiger partial charge in [-0.05, 0) is 0 Å². The van der Waals surface area contributed by atoms with E-state index in [1.165, 1.54) is 0 Å². The van der Waals surface area contributed by atoms with Gasteiger partial charge in [0.25, 0.3) is 12.1 Å². The van der Waals surface area contributed by atoms with Crippen LogP contribution in [0.1, 0.15) is 17.7 Å². The highest BCUT2D eigenvalue weighted by Gasteiger charge is 2.19. The first kappa shape index (κ1) is 11.0. The van der Waals surface area contributed by atoms with Gasteiger partial charge in [-0.25, -0.2) is 8.78 Å². The first-order chi connectivity index (χ1) is 7.06. The minimum Gasteiger partial charge on any atom is -0.258 e. The van der Waals surface area contributed by atoms with Gasteiger partial charge in [-0.1, -0.05) is 0 Å². The summed E-state index contributed by atoms with van der Waals surface area (Å²) in [6.07, 6.45) is -2.16. The smallest absolute Gasteiger partial charge is 0.258 e. The molecule has 0 N–H and O–H groups in total. The fourth-order valence-electron chi connectivity index (χ4n) is 0.999. The number of nitrogens with zero attached hydrogens (tertiary/aromatic N) is 3. The number of hydrogen-bond donors (Lipinski definition) is 0. The Balaban J connectivity index is 3.22. The zero-order chi connectivity index (χ0) is 11.4. The number of nitro groups is 1. The standard InChI is InChI=1S/C8H5F2N3O2/c9-8(10)6-3-7(13(14)15)5(1-2-11)4-12-6/h3-4,8H,1H2. The third-order valence-electron chi connectivity index (χ3n) is 1.67. The van der Waals surface area contributed by atoms with Crippen LogP contribution < -0.4 is 0 Å². The van der Waals surface area contributed by atoms with E-state index in [4.69, 9.17) is 5.26 Å². The van der Waals surface area contributed by atoms with Crippen molar-refractivity contribution in [3.05, 3.63) is 33.6 Å². The highest BCUT2D eigenvalue weighted by Crippen LogP contribution is 2.24. The predicted octanol–water partition coefficient (Wildman–Crippen LogP) is 1.99. The second-order valence-electron chi connectivity index (χ2n) is 2.63. The van der Waals surface area contributed by atoms with Gasteiger partial charge in [-0.2, -0.15) is 5.26 Å². The predicted molar refractivity (Wildman–Crippen MR) is 45.2 cm³/mol. The molecule has 1 rings (SSSR count). The lowest BCUT2D eigenvalue weighted by molar-refractivity contribution is -0.385. The van der Waals surface area contributed by atoms with Crippen molar-refractivity contribution in [2.75, 3.05) is 0 Å². The van der Waals surface area contributed by atoms with E-state index in [9.17, 15) is 18.9 Å². The van der Waals surface area contributed by atoms with E-state index in [1.54, 1.807) is 6.07 Å². The second kappa shape index (κ2) is 4.41. The zero-order valence-electron chi connectivity index (χ0n) is 7.35. The third kappa shape index (κ3) is 2.43. The fourth-order valence-corrected chi connectivity index (χ4v) is 0.999. The quantitative estimate of drug-likeness (QED) is 0.568. The van der Waals surface area contributed by atoms with E-state index < -0.39 is 22.7 Å². The summed E-state index contributed by atoms with van der Waals surface area (Å²) in [6, 6.07) is 2.39. The van der Waals surface area contributed by atoms with Crippen molar-refractivity contribution in [2.24, 2.45) is 0 Å². The molecule has 0 amide bonds. The number of alkyl halides is 2. The maximum atomic E-state index is 12.2. The number of hydrogen-bond acceptors (Lipinski definition) is 4. The van der Waals surface area contributed by atoms with Crippen molar-refractivity contribution in [2.45, 2.75) is 12.8 Å². The van der Waals surface area contributed by atoms with Crippen molar-refractivity contribution in [1.82, 2.24) is 4.98 Å². The Hall–Kier alpha value is -2.10. The molecule has 0 unspecified atom stereocenters. The molecular weight excluding hydrogens is 208 g/mol. The highest BCUT2D eigenvalue weighted by molar-refractivity contribution is 5.41. The monoisotopic (exact) mass is 213 g/mol. The summed E-state index contributed by atoms with van der Waals surface area (Å²) in [5, 5.41) is 18.9. The van der Waals surface area contributed by atoms with Gasteiger partial charge in [-0.15, -0.1) is 0 Å². The van der Waals surface area contributed by atoms with Crippen molar-refractivity contribution in [3.63, 3.8) is 0 Å². The van der Waals surface area contributed by atoms with Crippen LogP contribution in [0, 0.1) is 21.4 Å². The maximum absolute atomic E-state index is 12.2. The summed E-state index contributed by atoms with van der Waals surface area (Å²) in [5.41, 5.74) is -1.13. The lowest BCUT2D eigenvalue weighted by Gasteiger charge is -2.01. The Morgan fingerprint density at radius 2 is 2.33 bits per heavy atom. The van der Waals surface area contributed by atoms with Crippen molar-refractivity contribution in [1.29, 1.82) is 5.26 Å². The third-order valence-corrected chi connectivity index (χ3v) is 1.67.